The molecule has 1 fully saturated rings. The van der Waals surface area contributed by atoms with Crippen molar-refractivity contribution < 1.29 is 45.4 Å². The predicted octanol–water partition coefficient (Wildman–Crippen LogP) is 2.55. The number of thiazole rings is 1. The average Bonchev–Trinajstić information content (AvgIpc) is 3.73. The molecule has 0 spiro atoms. The lowest BCUT2D eigenvalue weighted by molar-refractivity contribution is -0.140. The van der Waals surface area contributed by atoms with Crippen LogP contribution in [0.5, 0.6) is 0 Å². The first-order valence-corrected chi connectivity index (χ1v) is 20.5. The normalized spacial score (nSPS) is 18.3. The van der Waals surface area contributed by atoms with Crippen molar-refractivity contribution in [3.05, 3.63) is 116 Å². The maximum Gasteiger partial charge on any atom is 0.323 e. The summed E-state index contributed by atoms with van der Waals surface area (Å²) in [6, 6.07) is 18.1. The van der Waals surface area contributed by atoms with Gasteiger partial charge in [-0.2, -0.15) is 16.8 Å². The largest absolute Gasteiger partial charge is 0.480 e. The van der Waals surface area contributed by atoms with Gasteiger partial charge in [-0.05, 0) is 42.7 Å². The molecule has 1 aromatic heterocycles. The molecule has 3 N–H and O–H groups in total. The number of aromatic nitrogens is 1. The summed E-state index contributed by atoms with van der Waals surface area (Å²) in [7, 11) is -8.80. The van der Waals surface area contributed by atoms with Gasteiger partial charge in [-0.3, -0.25) is 33.0 Å². The number of thioether (sulfide) groups is 1. The summed E-state index contributed by atoms with van der Waals surface area (Å²) in [5.41, 5.74) is 1.23. The summed E-state index contributed by atoms with van der Waals surface area (Å²) in [6.45, 7) is 0.343. The first kappa shape index (κ1) is 38.9. The van der Waals surface area contributed by atoms with E-state index in [0.29, 0.717) is 22.8 Å². The second-order valence-corrected chi connectivity index (χ2v) is 17.5. The van der Waals surface area contributed by atoms with Crippen LogP contribution in [0.1, 0.15) is 24.5 Å². The van der Waals surface area contributed by atoms with Gasteiger partial charge in [0, 0.05) is 18.7 Å². The molecule has 52 heavy (non-hydrogen) atoms. The third kappa shape index (κ3) is 9.54. The summed E-state index contributed by atoms with van der Waals surface area (Å²) < 4.78 is 73.0. The van der Waals surface area contributed by atoms with Gasteiger partial charge in [0.1, 0.15) is 20.4 Å². The van der Waals surface area contributed by atoms with Crippen LogP contribution in [0, 0.1) is 0 Å². The molecule has 14 nitrogen and oxygen atoms in total. The summed E-state index contributed by atoms with van der Waals surface area (Å²) >= 11 is 6.86. The van der Waals surface area contributed by atoms with Crippen molar-refractivity contribution >= 4 is 94.1 Å². The maximum absolute atomic E-state index is 13.9. The number of carbonyl (C=O) groups excluding carboxylic acids is 1. The molecule has 1 unspecified atom stereocenters. The smallest absolute Gasteiger partial charge is 0.323 e. The highest BCUT2D eigenvalue weighted by Crippen LogP contribution is 2.32. The van der Waals surface area contributed by atoms with Crippen LogP contribution in [-0.2, 0) is 41.1 Å². The predicted molar refractivity (Wildman–Crippen MR) is 202 cm³/mol. The maximum atomic E-state index is 13.9. The fourth-order valence-electron chi connectivity index (χ4n) is 4.97. The number of aliphatic carboxylic acids is 1. The molecule has 274 valence electrons. The second kappa shape index (κ2) is 16.1. The zero-order chi connectivity index (χ0) is 37.8. The Morgan fingerprint density at radius 3 is 2.27 bits per heavy atom. The van der Waals surface area contributed by atoms with E-state index in [4.69, 9.17) is 17.0 Å². The monoisotopic (exact) mass is 805 g/mol. The van der Waals surface area contributed by atoms with E-state index in [-0.39, 0.29) is 31.4 Å². The molecule has 5 rings (SSSR count). The second-order valence-electron chi connectivity index (χ2n) is 11.4. The molecular weight excluding hydrogens is 775 g/mol. The lowest BCUT2D eigenvalue weighted by Gasteiger charge is -2.17. The standard InChI is InChI=1S/C33H31N3O11S5/c1-21(52(44,45)46)14-15-34-19-25(23-10-6-3-7-11-23)47-27(34)13-12-24(22-8-4-2-5-9-22)18-26-30(39)35(16-17-51(41,42)43)32(49-26)29-31(40)36(20-28(37)38)33(48)50-29/h2-13,18-19,21H,14-17,20H2,1H3,(H,37,38)(H,41,42,43)(H,44,45,46)/b24-12?,26-18?,27-13?,32-29+. The van der Waals surface area contributed by atoms with Crippen LogP contribution < -0.4 is 14.8 Å². The van der Waals surface area contributed by atoms with Crippen molar-refractivity contribution in [2.24, 2.45) is 0 Å². The zero-order valence-corrected chi connectivity index (χ0v) is 31.3. The minimum absolute atomic E-state index is 0.0332. The van der Waals surface area contributed by atoms with E-state index in [1.54, 1.807) is 53.6 Å². The number of allylic oxidation sites excluding steroid dienone is 3. The Balaban J connectivity index is 1.64. The van der Waals surface area contributed by atoms with E-state index in [1.165, 1.54) is 13.0 Å². The van der Waals surface area contributed by atoms with Crippen molar-refractivity contribution in [2.45, 2.75) is 25.1 Å². The number of nitrogens with zero attached hydrogens (tertiary/aromatic N) is 3. The SMILES string of the molecule is CC(CCN1C=C(c2ccccc2)OC1=CC=C(C=c1s/c(=C2/SC(=S)N(CC(=O)O)C2=O)n(CCS(=O)(=O)O)c1=O)c1ccccc1)S(=O)(=O)O. The number of thiocarbonyl (C=S) groups is 1. The molecule has 1 atom stereocenters. The van der Waals surface area contributed by atoms with Crippen LogP contribution in [0.15, 0.2) is 89.7 Å². The number of amides is 1. The van der Waals surface area contributed by atoms with Crippen LogP contribution in [0.2, 0.25) is 0 Å². The molecule has 0 aliphatic carbocycles. The Morgan fingerprint density at radius 2 is 1.65 bits per heavy atom. The quantitative estimate of drug-likeness (QED) is 0.168. The number of carboxylic acid groups (broad SMARTS) is 1. The summed E-state index contributed by atoms with van der Waals surface area (Å²) in [4.78, 5) is 41.0. The van der Waals surface area contributed by atoms with Gasteiger partial charge in [-0.1, -0.05) is 84.6 Å². The van der Waals surface area contributed by atoms with Gasteiger partial charge in [0.15, 0.2) is 11.6 Å². The molecule has 1 amide bonds. The average molecular weight is 806 g/mol. The fraction of sp³-hybridized carbons (Fsp3) is 0.212. The number of hydrogen-bond donors (Lipinski definition) is 3. The molecule has 0 saturated carbocycles. The van der Waals surface area contributed by atoms with Gasteiger partial charge in [-0.15, -0.1) is 11.3 Å². The highest BCUT2D eigenvalue weighted by molar-refractivity contribution is 8.30. The van der Waals surface area contributed by atoms with E-state index in [2.05, 4.69) is 0 Å². The Labute approximate surface area is 311 Å². The van der Waals surface area contributed by atoms with E-state index in [9.17, 15) is 45.4 Å². The Hall–Kier alpha value is -4.37. The lowest BCUT2D eigenvalue weighted by atomic mass is 10.1. The van der Waals surface area contributed by atoms with Crippen molar-refractivity contribution in [1.29, 1.82) is 0 Å². The summed E-state index contributed by atoms with van der Waals surface area (Å²) in [5.74, 6) is -2.11. The molecule has 0 radical (unpaired) electrons. The first-order valence-electron chi connectivity index (χ1n) is 15.3. The third-order valence-electron chi connectivity index (χ3n) is 7.73. The van der Waals surface area contributed by atoms with E-state index < -0.39 is 61.8 Å². The summed E-state index contributed by atoms with van der Waals surface area (Å²) in [5, 5.41) is 8.22. The minimum atomic E-state index is -4.52. The van der Waals surface area contributed by atoms with E-state index in [0.717, 1.165) is 38.1 Å². The molecule has 1 saturated heterocycles. The van der Waals surface area contributed by atoms with Crippen LogP contribution >= 0.6 is 35.3 Å². The third-order valence-corrected chi connectivity index (χ3v) is 12.4. The number of ether oxygens (including phenoxy) is 1. The van der Waals surface area contributed by atoms with Crippen molar-refractivity contribution in [2.75, 3.05) is 18.8 Å². The fourth-order valence-corrected chi connectivity index (χ4v) is 8.32. The highest BCUT2D eigenvalue weighted by Gasteiger charge is 2.35. The Kier molecular flexibility index (Phi) is 12.0. The van der Waals surface area contributed by atoms with Crippen LogP contribution in [0.3, 0.4) is 0 Å². The van der Waals surface area contributed by atoms with Crippen molar-refractivity contribution in [3.63, 3.8) is 0 Å². The minimum Gasteiger partial charge on any atom is -0.480 e. The molecule has 0 bridgehead atoms. The van der Waals surface area contributed by atoms with Gasteiger partial charge in [0.05, 0.1) is 21.7 Å². The lowest BCUT2D eigenvalue weighted by Crippen LogP contribution is -2.36. The van der Waals surface area contributed by atoms with Gasteiger partial charge >= 0.3 is 5.97 Å². The van der Waals surface area contributed by atoms with E-state index >= 15 is 0 Å². The highest BCUT2D eigenvalue weighted by atomic mass is 32.2. The zero-order valence-electron chi connectivity index (χ0n) is 27.2. The molecule has 2 aromatic carbocycles. The van der Waals surface area contributed by atoms with Crippen molar-refractivity contribution in [1.82, 2.24) is 14.4 Å². The van der Waals surface area contributed by atoms with Gasteiger partial charge in [0.25, 0.3) is 31.7 Å². The molecule has 19 heteroatoms. The molecule has 2 aliphatic rings. The molecule has 2 aliphatic heterocycles. The number of carbonyl (C=O) groups is 2. The van der Waals surface area contributed by atoms with E-state index in [1.807, 2.05) is 30.3 Å². The van der Waals surface area contributed by atoms with Gasteiger partial charge < -0.3 is 14.7 Å². The van der Waals surface area contributed by atoms with Gasteiger partial charge in [-0.25, -0.2) is 0 Å². The topological polar surface area (TPSA) is 201 Å². The first-order chi connectivity index (χ1) is 24.5. The Morgan fingerprint density at radius 1 is 1.00 bits per heavy atom. The number of rotatable bonds is 13. The van der Waals surface area contributed by atoms with Crippen LogP contribution in [0.4, 0.5) is 0 Å². The van der Waals surface area contributed by atoms with Gasteiger partial charge in [0.2, 0.25) is 0 Å². The molecule has 3 heterocycles. The molecule has 3 aromatic rings. The van der Waals surface area contributed by atoms with Crippen LogP contribution in [-0.4, -0.2) is 85.7 Å². The van der Waals surface area contributed by atoms with Crippen LogP contribution in [0.25, 0.3) is 22.3 Å². The number of benzene rings is 2. The number of carboxylic acids is 1. The van der Waals surface area contributed by atoms with Crippen molar-refractivity contribution in [3.8, 4) is 0 Å². The number of hydrogen-bond acceptors (Lipinski definition) is 12. The summed E-state index contributed by atoms with van der Waals surface area (Å²) in [6.07, 6.45) is 6.61. The molecular formula is C33H31N3O11S5. The Bertz CT molecular complexity index is 2400.